The Morgan fingerprint density at radius 1 is 1.25 bits per heavy atom. The topological polar surface area (TPSA) is 52.8 Å². The number of carbonyl (C=O) groups is 1. The van der Waals surface area contributed by atoms with Crippen LogP contribution >= 0.6 is 0 Å². The number of fused-ring (bicyclic) bond motifs is 1. The van der Waals surface area contributed by atoms with Crippen molar-refractivity contribution in [1.29, 1.82) is 0 Å². The zero-order valence-electron chi connectivity index (χ0n) is 10.2. The Morgan fingerprint density at radius 3 is 2.25 bits per heavy atom. The number of nitrogens with two attached hydrogens (primary N) is 1. The van der Waals surface area contributed by atoms with Crippen LogP contribution in [0.15, 0.2) is 0 Å². The van der Waals surface area contributed by atoms with Crippen molar-refractivity contribution in [2.45, 2.75) is 0 Å². The molecule has 2 aliphatic heterocycles. The zero-order valence-corrected chi connectivity index (χ0v) is 10.2. The fourth-order valence-corrected chi connectivity index (χ4v) is 2.89. The van der Waals surface area contributed by atoms with Gasteiger partial charge in [-0.1, -0.05) is 0 Å². The van der Waals surface area contributed by atoms with Gasteiger partial charge in [-0.15, -0.1) is 0 Å². The predicted molar refractivity (Wildman–Crippen MR) is 63.1 cm³/mol. The van der Waals surface area contributed by atoms with Gasteiger partial charge in [-0.25, -0.2) is 4.79 Å². The van der Waals surface area contributed by atoms with Crippen molar-refractivity contribution < 1.29 is 4.79 Å². The van der Waals surface area contributed by atoms with Crippen LogP contribution in [0, 0.1) is 11.8 Å². The van der Waals surface area contributed by atoms with E-state index in [0.29, 0.717) is 11.8 Å². The molecule has 0 radical (unpaired) electrons. The number of nitrogens with zero attached hydrogens (tertiary/aromatic N) is 3. The maximum Gasteiger partial charge on any atom is 0.319 e. The number of carbonyl (C=O) groups excluding carboxylic acids is 1. The van der Waals surface area contributed by atoms with Gasteiger partial charge in [0.05, 0.1) is 0 Å². The van der Waals surface area contributed by atoms with Crippen LogP contribution in [-0.4, -0.2) is 74.1 Å². The fourth-order valence-electron chi connectivity index (χ4n) is 2.89. The third-order valence-electron chi connectivity index (χ3n) is 3.66. The molecule has 2 unspecified atom stereocenters. The minimum absolute atomic E-state index is 0.153. The van der Waals surface area contributed by atoms with Crippen LogP contribution < -0.4 is 5.73 Å². The second-order valence-electron chi connectivity index (χ2n) is 5.15. The Balaban J connectivity index is 1.86. The summed E-state index contributed by atoms with van der Waals surface area (Å²) < 4.78 is 0. The molecular weight excluding hydrogens is 204 g/mol. The van der Waals surface area contributed by atoms with Crippen LogP contribution in [0.3, 0.4) is 0 Å². The average molecular weight is 226 g/mol. The van der Waals surface area contributed by atoms with Crippen molar-refractivity contribution in [2.24, 2.45) is 17.6 Å². The molecule has 0 spiro atoms. The van der Waals surface area contributed by atoms with E-state index in [-0.39, 0.29) is 6.03 Å². The predicted octanol–water partition coefficient (Wildman–Crippen LogP) is -0.510. The van der Waals surface area contributed by atoms with Crippen molar-refractivity contribution >= 4 is 6.03 Å². The summed E-state index contributed by atoms with van der Waals surface area (Å²) in [5.74, 6) is 1.32. The first-order chi connectivity index (χ1) is 7.61. The van der Waals surface area contributed by atoms with Crippen molar-refractivity contribution in [3.63, 3.8) is 0 Å². The number of likely N-dealkylation sites (tertiary alicyclic amines) is 2. The van der Waals surface area contributed by atoms with Gasteiger partial charge in [0.2, 0.25) is 0 Å². The van der Waals surface area contributed by atoms with Gasteiger partial charge in [-0.05, 0) is 11.8 Å². The molecule has 2 atom stereocenters. The number of rotatable bonds is 2. The number of amides is 2. The van der Waals surface area contributed by atoms with Crippen molar-refractivity contribution in [3.05, 3.63) is 0 Å². The Morgan fingerprint density at radius 2 is 1.81 bits per heavy atom. The molecule has 2 fully saturated rings. The minimum Gasteiger partial charge on any atom is -0.331 e. The van der Waals surface area contributed by atoms with Crippen LogP contribution in [-0.2, 0) is 0 Å². The number of urea groups is 1. The molecule has 2 aliphatic rings. The molecule has 0 aromatic rings. The zero-order chi connectivity index (χ0) is 11.7. The van der Waals surface area contributed by atoms with Crippen LogP contribution in [0.25, 0.3) is 0 Å². The molecule has 0 aliphatic carbocycles. The molecule has 0 aromatic carbocycles. The highest BCUT2D eigenvalue weighted by atomic mass is 16.2. The first-order valence-corrected chi connectivity index (χ1v) is 6.00. The van der Waals surface area contributed by atoms with Crippen LogP contribution in [0.5, 0.6) is 0 Å². The van der Waals surface area contributed by atoms with E-state index >= 15 is 0 Å². The van der Waals surface area contributed by atoms with E-state index in [2.05, 4.69) is 4.90 Å². The molecule has 2 N–H and O–H groups in total. The highest BCUT2D eigenvalue weighted by Gasteiger charge is 2.41. The first kappa shape index (κ1) is 11.7. The van der Waals surface area contributed by atoms with E-state index in [4.69, 9.17) is 5.73 Å². The van der Waals surface area contributed by atoms with Gasteiger partial charge >= 0.3 is 6.03 Å². The fraction of sp³-hybridized carbons (Fsp3) is 0.909. The van der Waals surface area contributed by atoms with Gasteiger partial charge in [0.25, 0.3) is 0 Å². The van der Waals surface area contributed by atoms with E-state index in [9.17, 15) is 4.79 Å². The molecule has 2 rings (SSSR count). The maximum absolute atomic E-state index is 11.8. The van der Waals surface area contributed by atoms with Gasteiger partial charge in [0.15, 0.2) is 0 Å². The Kier molecular flexibility index (Phi) is 3.35. The molecule has 16 heavy (non-hydrogen) atoms. The second kappa shape index (κ2) is 4.59. The van der Waals surface area contributed by atoms with Crippen LogP contribution in [0.1, 0.15) is 0 Å². The minimum atomic E-state index is 0.153. The molecule has 0 bridgehead atoms. The summed E-state index contributed by atoms with van der Waals surface area (Å²) in [6.45, 7) is 5.79. The molecule has 5 heteroatoms. The third-order valence-corrected chi connectivity index (χ3v) is 3.66. The summed E-state index contributed by atoms with van der Waals surface area (Å²) in [6, 6.07) is 0.153. The molecule has 92 valence electrons. The molecule has 2 amide bonds. The molecule has 5 nitrogen and oxygen atoms in total. The van der Waals surface area contributed by atoms with Crippen molar-refractivity contribution in [3.8, 4) is 0 Å². The monoisotopic (exact) mass is 226 g/mol. The van der Waals surface area contributed by atoms with Gasteiger partial charge in [0.1, 0.15) is 0 Å². The quantitative estimate of drug-likeness (QED) is 0.690. The lowest BCUT2D eigenvalue weighted by Crippen LogP contribution is -2.40. The van der Waals surface area contributed by atoms with Gasteiger partial charge in [-0.3, -0.25) is 0 Å². The average Bonchev–Trinajstić information content (AvgIpc) is 2.74. The van der Waals surface area contributed by atoms with E-state index in [1.807, 2.05) is 19.0 Å². The smallest absolute Gasteiger partial charge is 0.319 e. The Hall–Kier alpha value is -0.810. The van der Waals surface area contributed by atoms with Crippen molar-refractivity contribution in [2.75, 3.05) is 53.4 Å². The number of hydrogen-bond acceptors (Lipinski definition) is 3. The molecular formula is C11H22N4O. The highest BCUT2D eigenvalue weighted by molar-refractivity contribution is 5.74. The number of hydrogen-bond donors (Lipinski definition) is 1. The van der Waals surface area contributed by atoms with Gasteiger partial charge in [-0.2, -0.15) is 0 Å². The van der Waals surface area contributed by atoms with E-state index < -0.39 is 0 Å². The van der Waals surface area contributed by atoms with Gasteiger partial charge in [0, 0.05) is 53.4 Å². The van der Waals surface area contributed by atoms with E-state index in [0.717, 1.165) is 39.3 Å². The lowest BCUT2D eigenvalue weighted by Gasteiger charge is -2.24. The summed E-state index contributed by atoms with van der Waals surface area (Å²) >= 11 is 0. The summed E-state index contributed by atoms with van der Waals surface area (Å²) in [5.41, 5.74) is 5.56. The molecule has 2 heterocycles. The van der Waals surface area contributed by atoms with Crippen LogP contribution in [0.2, 0.25) is 0 Å². The SMILES string of the molecule is CN(C)C(=O)N1CC2CN(CCN)CC2C1. The second-order valence-corrected chi connectivity index (χ2v) is 5.15. The first-order valence-electron chi connectivity index (χ1n) is 6.00. The Bertz CT molecular complexity index is 255. The lowest BCUT2D eigenvalue weighted by atomic mass is 10.0. The summed E-state index contributed by atoms with van der Waals surface area (Å²) in [6.07, 6.45) is 0. The summed E-state index contributed by atoms with van der Waals surface area (Å²) in [7, 11) is 3.63. The summed E-state index contributed by atoms with van der Waals surface area (Å²) in [4.78, 5) is 17.9. The normalized spacial score (nSPS) is 29.6. The molecule has 0 aromatic heterocycles. The standard InChI is InChI=1S/C11H22N4O/c1-13(2)11(16)15-7-9-5-14(4-3-12)6-10(9)8-15/h9-10H,3-8,12H2,1-2H3. The molecule has 2 saturated heterocycles. The van der Waals surface area contributed by atoms with Gasteiger partial charge < -0.3 is 20.4 Å². The van der Waals surface area contributed by atoms with Crippen LogP contribution in [0.4, 0.5) is 4.79 Å². The third kappa shape index (κ3) is 2.15. The largest absolute Gasteiger partial charge is 0.331 e. The lowest BCUT2D eigenvalue weighted by molar-refractivity contribution is 0.174. The highest BCUT2D eigenvalue weighted by Crippen LogP contribution is 2.30. The van der Waals surface area contributed by atoms with E-state index in [1.165, 1.54) is 0 Å². The molecule has 0 saturated carbocycles. The Labute approximate surface area is 97.2 Å². The van der Waals surface area contributed by atoms with Crippen molar-refractivity contribution in [1.82, 2.24) is 14.7 Å². The summed E-state index contributed by atoms with van der Waals surface area (Å²) in [5, 5.41) is 0. The van der Waals surface area contributed by atoms with E-state index in [1.54, 1.807) is 4.90 Å². The maximum atomic E-state index is 11.8.